The molecule has 0 saturated carbocycles. The van der Waals surface area contributed by atoms with Crippen molar-refractivity contribution in [3.63, 3.8) is 0 Å². The standard InChI is InChI=1S/C23H20ClFN2O5S/c24-16-3-1-15(2-4-16)11-23(29)26-18-7-10-22-21(12-18)27(13-19(14-28)32-22)33(30,31)20-8-5-17(25)6-9-20/h1-10,12,19,28H,11,13-14H2,(H,26,29). The molecule has 3 aromatic carbocycles. The highest BCUT2D eigenvalue weighted by Gasteiger charge is 2.34. The van der Waals surface area contributed by atoms with E-state index in [1.165, 1.54) is 24.3 Å². The maximum Gasteiger partial charge on any atom is 0.264 e. The Labute approximate surface area is 195 Å². The first-order chi connectivity index (χ1) is 15.8. The van der Waals surface area contributed by atoms with Crippen molar-refractivity contribution >= 4 is 38.9 Å². The van der Waals surface area contributed by atoms with Gasteiger partial charge in [-0.2, -0.15) is 0 Å². The molecule has 1 heterocycles. The van der Waals surface area contributed by atoms with E-state index in [0.717, 1.165) is 22.0 Å². The Hall–Kier alpha value is -3.14. The second-order valence-corrected chi connectivity index (χ2v) is 9.75. The van der Waals surface area contributed by atoms with Crippen molar-refractivity contribution in [1.82, 2.24) is 0 Å². The first kappa shape index (κ1) is 23.0. The molecule has 0 aliphatic carbocycles. The van der Waals surface area contributed by atoms with Gasteiger partial charge in [0.15, 0.2) is 0 Å². The maximum atomic E-state index is 13.3. The van der Waals surface area contributed by atoms with Crippen LogP contribution in [-0.4, -0.2) is 38.7 Å². The quantitative estimate of drug-likeness (QED) is 0.550. The highest BCUT2D eigenvalue weighted by atomic mass is 35.5. The van der Waals surface area contributed by atoms with Crippen molar-refractivity contribution in [1.29, 1.82) is 0 Å². The molecular weight excluding hydrogens is 471 g/mol. The van der Waals surface area contributed by atoms with Gasteiger partial charge in [-0.25, -0.2) is 12.8 Å². The Morgan fingerprint density at radius 1 is 1.12 bits per heavy atom. The lowest BCUT2D eigenvalue weighted by molar-refractivity contribution is -0.115. The number of hydrogen-bond acceptors (Lipinski definition) is 5. The van der Waals surface area contributed by atoms with Gasteiger partial charge < -0.3 is 15.2 Å². The molecule has 2 N–H and O–H groups in total. The van der Waals surface area contributed by atoms with E-state index in [-0.39, 0.29) is 35.2 Å². The number of ether oxygens (including phenoxy) is 1. The van der Waals surface area contributed by atoms with Crippen LogP contribution in [0.5, 0.6) is 5.75 Å². The zero-order valence-corrected chi connectivity index (χ0v) is 18.8. The molecule has 0 fully saturated rings. The van der Waals surface area contributed by atoms with E-state index in [9.17, 15) is 22.7 Å². The minimum absolute atomic E-state index is 0.106. The van der Waals surface area contributed by atoms with E-state index >= 15 is 0 Å². The molecule has 4 rings (SSSR count). The van der Waals surface area contributed by atoms with E-state index in [1.807, 2.05) is 0 Å². The number of nitrogens with zero attached hydrogens (tertiary/aromatic N) is 1. The molecule has 0 spiro atoms. The van der Waals surface area contributed by atoms with Crippen LogP contribution in [0.3, 0.4) is 0 Å². The van der Waals surface area contributed by atoms with Crippen molar-refractivity contribution in [2.75, 3.05) is 22.8 Å². The van der Waals surface area contributed by atoms with Crippen LogP contribution < -0.4 is 14.4 Å². The second-order valence-electron chi connectivity index (χ2n) is 7.45. The summed E-state index contributed by atoms with van der Waals surface area (Å²) in [5.41, 5.74) is 1.34. The molecular formula is C23H20ClFN2O5S. The van der Waals surface area contributed by atoms with E-state index in [0.29, 0.717) is 10.7 Å². The minimum Gasteiger partial charge on any atom is -0.484 e. The molecule has 0 saturated heterocycles. The van der Waals surface area contributed by atoms with Gasteiger partial charge in [0.05, 0.1) is 30.2 Å². The molecule has 0 aromatic heterocycles. The van der Waals surface area contributed by atoms with Crippen molar-refractivity contribution in [2.24, 2.45) is 0 Å². The summed E-state index contributed by atoms with van der Waals surface area (Å²) >= 11 is 5.87. The number of benzene rings is 3. The van der Waals surface area contributed by atoms with E-state index in [4.69, 9.17) is 16.3 Å². The summed E-state index contributed by atoms with van der Waals surface area (Å²) in [5.74, 6) is -0.618. The molecule has 0 bridgehead atoms. The predicted molar refractivity (Wildman–Crippen MR) is 123 cm³/mol. The Kier molecular flexibility index (Phi) is 6.55. The summed E-state index contributed by atoms with van der Waals surface area (Å²) in [4.78, 5) is 12.4. The molecule has 1 aliphatic heterocycles. The molecule has 0 radical (unpaired) electrons. The van der Waals surface area contributed by atoms with Gasteiger partial charge in [-0.05, 0) is 60.2 Å². The van der Waals surface area contributed by atoms with Crippen LogP contribution in [0.25, 0.3) is 0 Å². The number of carbonyl (C=O) groups is 1. The zero-order valence-electron chi connectivity index (χ0n) is 17.2. The summed E-state index contributed by atoms with van der Waals surface area (Å²) in [6.07, 6.45) is -0.673. The molecule has 1 unspecified atom stereocenters. The zero-order chi connectivity index (χ0) is 23.6. The molecule has 172 valence electrons. The van der Waals surface area contributed by atoms with Crippen LogP contribution in [0.4, 0.5) is 15.8 Å². The second kappa shape index (κ2) is 9.38. The normalized spacial score (nSPS) is 15.5. The third kappa shape index (κ3) is 5.11. The number of rotatable bonds is 6. The molecule has 3 aromatic rings. The third-order valence-corrected chi connectivity index (χ3v) is 7.10. The minimum atomic E-state index is -4.08. The van der Waals surface area contributed by atoms with Gasteiger partial charge in [-0.15, -0.1) is 0 Å². The van der Waals surface area contributed by atoms with Crippen LogP contribution in [0.1, 0.15) is 5.56 Å². The number of halogens is 2. The summed E-state index contributed by atoms with van der Waals surface area (Å²) in [7, 11) is -4.08. The number of amides is 1. The first-order valence-electron chi connectivity index (χ1n) is 10.0. The fraction of sp³-hybridized carbons (Fsp3) is 0.174. The first-order valence-corrected chi connectivity index (χ1v) is 11.8. The fourth-order valence-corrected chi connectivity index (χ4v) is 5.06. The number of sulfonamides is 1. The van der Waals surface area contributed by atoms with Crippen LogP contribution in [-0.2, 0) is 21.2 Å². The predicted octanol–water partition coefficient (Wildman–Crippen LogP) is 3.61. The van der Waals surface area contributed by atoms with Crippen LogP contribution in [0, 0.1) is 5.82 Å². The van der Waals surface area contributed by atoms with Crippen molar-refractivity contribution in [3.05, 3.63) is 83.1 Å². The van der Waals surface area contributed by atoms with Gasteiger partial charge in [-0.1, -0.05) is 23.7 Å². The lowest BCUT2D eigenvalue weighted by Crippen LogP contribution is -2.45. The Bertz CT molecular complexity index is 1270. The lowest BCUT2D eigenvalue weighted by Gasteiger charge is -2.35. The average molecular weight is 491 g/mol. The van der Waals surface area contributed by atoms with E-state index in [2.05, 4.69) is 5.32 Å². The van der Waals surface area contributed by atoms with E-state index < -0.39 is 28.6 Å². The average Bonchev–Trinajstić information content (AvgIpc) is 2.80. The SMILES string of the molecule is O=C(Cc1ccc(Cl)cc1)Nc1ccc2c(c1)N(S(=O)(=O)c1ccc(F)cc1)CC(CO)O2. The van der Waals surface area contributed by atoms with Crippen LogP contribution in [0.15, 0.2) is 71.6 Å². The topological polar surface area (TPSA) is 95.9 Å². The molecule has 10 heteroatoms. The smallest absolute Gasteiger partial charge is 0.264 e. The molecule has 33 heavy (non-hydrogen) atoms. The van der Waals surface area contributed by atoms with Crippen LogP contribution in [0.2, 0.25) is 5.02 Å². The van der Waals surface area contributed by atoms with Crippen LogP contribution >= 0.6 is 11.6 Å². The molecule has 1 aliphatic rings. The number of aliphatic hydroxyl groups is 1. The van der Waals surface area contributed by atoms with Gasteiger partial charge in [0.1, 0.15) is 17.7 Å². The Morgan fingerprint density at radius 3 is 2.48 bits per heavy atom. The van der Waals surface area contributed by atoms with Gasteiger partial charge >= 0.3 is 0 Å². The maximum absolute atomic E-state index is 13.3. The molecule has 1 amide bonds. The summed E-state index contributed by atoms with van der Waals surface area (Å²) < 4.78 is 46.7. The highest BCUT2D eigenvalue weighted by Crippen LogP contribution is 2.39. The molecule has 7 nitrogen and oxygen atoms in total. The van der Waals surface area contributed by atoms with E-state index in [1.54, 1.807) is 30.3 Å². The van der Waals surface area contributed by atoms with Crippen molar-refractivity contribution in [3.8, 4) is 5.75 Å². The number of carbonyl (C=O) groups excluding carboxylic acids is 1. The van der Waals surface area contributed by atoms with Crippen molar-refractivity contribution in [2.45, 2.75) is 17.4 Å². The highest BCUT2D eigenvalue weighted by molar-refractivity contribution is 7.92. The monoisotopic (exact) mass is 490 g/mol. The fourth-order valence-electron chi connectivity index (χ4n) is 3.44. The summed E-state index contributed by atoms with van der Waals surface area (Å²) in [5, 5.41) is 12.9. The third-order valence-electron chi connectivity index (χ3n) is 5.06. The van der Waals surface area contributed by atoms with Gasteiger partial charge in [0, 0.05) is 10.7 Å². The summed E-state index contributed by atoms with van der Waals surface area (Å²) in [6.45, 7) is -0.542. The molecule has 1 atom stereocenters. The number of aliphatic hydroxyl groups excluding tert-OH is 1. The van der Waals surface area contributed by atoms with Gasteiger partial charge in [-0.3, -0.25) is 9.10 Å². The van der Waals surface area contributed by atoms with Gasteiger partial charge in [0.25, 0.3) is 10.0 Å². The number of hydrogen-bond donors (Lipinski definition) is 2. The largest absolute Gasteiger partial charge is 0.484 e. The number of nitrogens with one attached hydrogen (secondary N) is 1. The lowest BCUT2D eigenvalue weighted by atomic mass is 10.1. The van der Waals surface area contributed by atoms with Gasteiger partial charge in [0.2, 0.25) is 5.91 Å². The Morgan fingerprint density at radius 2 is 1.82 bits per heavy atom. The summed E-state index contributed by atoms with van der Waals surface area (Å²) in [6, 6.07) is 15.9. The number of anilines is 2. The Balaban J connectivity index is 1.62. The van der Waals surface area contributed by atoms with Crippen molar-refractivity contribution < 1.29 is 27.4 Å². The number of fused-ring (bicyclic) bond motifs is 1.